The lowest BCUT2D eigenvalue weighted by Crippen LogP contribution is -2.53. The van der Waals surface area contributed by atoms with E-state index < -0.39 is 67.6 Å². The number of aromatic amines is 1. The molecule has 3 rings (SSSR count). The molecule has 1 aliphatic rings. The molecule has 1 saturated heterocycles. The van der Waals surface area contributed by atoms with E-state index in [4.69, 9.17) is 24.4 Å². The van der Waals surface area contributed by atoms with Crippen LogP contribution in [-0.2, 0) is 4.79 Å². The van der Waals surface area contributed by atoms with Gasteiger partial charge in [0.05, 0.1) is 16.9 Å². The van der Waals surface area contributed by atoms with Gasteiger partial charge in [-0.1, -0.05) is 6.85 Å². The van der Waals surface area contributed by atoms with Crippen LogP contribution in [0.15, 0.2) is 12.3 Å². The summed E-state index contributed by atoms with van der Waals surface area (Å²) < 4.78 is 116. The van der Waals surface area contributed by atoms with Crippen LogP contribution in [0.4, 0.5) is 5.82 Å². The molecule has 126 valence electrons. The zero-order valence-corrected chi connectivity index (χ0v) is 12.7. The quantitative estimate of drug-likeness (QED) is 0.866. The Balaban J connectivity index is 2.49. The molecule has 0 unspecified atom stereocenters. The Bertz CT molecular complexity index is 1350. The second-order valence-corrected chi connectivity index (χ2v) is 4.86. The lowest BCUT2D eigenvalue weighted by molar-refractivity contribution is -0.130. The van der Waals surface area contributed by atoms with Gasteiger partial charge < -0.3 is 19.6 Å². The van der Waals surface area contributed by atoms with E-state index in [-0.39, 0.29) is 22.8 Å². The molecule has 1 aliphatic heterocycles. The highest BCUT2D eigenvalue weighted by Gasteiger charge is 2.33. The third-order valence-electron chi connectivity index (χ3n) is 3.25. The Morgan fingerprint density at radius 2 is 2.62 bits per heavy atom. The first-order valence-corrected chi connectivity index (χ1v) is 6.73. The Hall–Kier alpha value is -2.62. The summed E-state index contributed by atoms with van der Waals surface area (Å²) in [6, 6.07) is -3.78. The van der Waals surface area contributed by atoms with Gasteiger partial charge in [-0.15, -0.1) is 0 Å². The monoisotopic (exact) mass is 340 g/mol. The van der Waals surface area contributed by atoms with Gasteiger partial charge in [0, 0.05) is 35.3 Å². The van der Waals surface area contributed by atoms with Gasteiger partial charge in [-0.2, -0.15) is 0 Å². The molecule has 0 aliphatic carbocycles. The van der Waals surface area contributed by atoms with E-state index in [0.29, 0.717) is 4.90 Å². The van der Waals surface area contributed by atoms with Crippen LogP contribution in [0.25, 0.3) is 15.9 Å². The number of nitrogens with zero attached hydrogens (tertiary/aromatic N) is 5. The molecule has 2 atom stereocenters. The SMILES string of the molecule is [2H]c1nc(N(C)[C@]2([2H])[C@H](C([2H])([2H])[2H])C([2H])([2H])C([2H])([2H])N(C(=O)C([2H])([2H])[N+]#[C-])C2([2H])[2H])c2c([2H])c(C)[nH]c2n1. The topological polar surface area (TPSA) is 69.5 Å². The molecule has 3 heterocycles. The van der Waals surface area contributed by atoms with Gasteiger partial charge in [0.2, 0.25) is 0 Å². The molecule has 7 heteroatoms. The fourth-order valence-electron chi connectivity index (χ4n) is 2.17. The van der Waals surface area contributed by atoms with Gasteiger partial charge in [-0.3, -0.25) is 4.79 Å². The Labute approximate surface area is 161 Å². The molecule has 7 nitrogen and oxygen atoms in total. The largest absolute Gasteiger partial charge is 0.354 e. The number of carbonyl (C=O) groups excluding carboxylic acids is 1. The Morgan fingerprint density at radius 1 is 1.79 bits per heavy atom. The van der Waals surface area contributed by atoms with E-state index in [1.54, 1.807) is 0 Å². The number of nitrogens with one attached hydrogen (secondary N) is 1. The number of H-pyrrole nitrogens is 1. The molecule has 1 amide bonds. The molecule has 24 heavy (non-hydrogen) atoms. The minimum absolute atomic E-state index is 0.115. The van der Waals surface area contributed by atoms with Crippen molar-refractivity contribution in [2.75, 3.05) is 31.4 Å². The number of aromatic nitrogens is 3. The van der Waals surface area contributed by atoms with E-state index in [9.17, 15) is 6.17 Å². The van der Waals surface area contributed by atoms with Gasteiger partial charge in [0.1, 0.15) is 21.9 Å². The molecule has 0 bridgehead atoms. The van der Waals surface area contributed by atoms with Crippen LogP contribution in [0.1, 0.15) is 38.1 Å². The molecule has 2 aromatic heterocycles. The van der Waals surface area contributed by atoms with E-state index in [2.05, 4.69) is 19.8 Å². The van der Waals surface area contributed by atoms with Gasteiger partial charge >= 0.3 is 5.91 Å². The van der Waals surface area contributed by atoms with Crippen molar-refractivity contribution >= 4 is 22.8 Å². The summed E-state index contributed by atoms with van der Waals surface area (Å²) in [5, 5.41) is -0.198. The lowest BCUT2D eigenvalue weighted by Gasteiger charge is -2.41. The highest BCUT2D eigenvalue weighted by atomic mass is 16.2. The third-order valence-corrected chi connectivity index (χ3v) is 3.25. The van der Waals surface area contributed by atoms with Crippen molar-refractivity contribution in [3.63, 3.8) is 0 Å². The molecule has 0 spiro atoms. The number of hydrogen-bond donors (Lipinski definition) is 1. The third kappa shape index (κ3) is 2.92. The molecule has 1 N–H and O–H groups in total. The van der Waals surface area contributed by atoms with Crippen molar-refractivity contribution < 1.29 is 24.0 Å². The fourth-order valence-corrected chi connectivity index (χ4v) is 2.17. The summed E-state index contributed by atoms with van der Waals surface area (Å²) in [5.74, 6) is -5.61. The van der Waals surface area contributed by atoms with Crippen molar-refractivity contribution in [1.29, 1.82) is 0 Å². The number of fused-ring (bicyclic) bond motifs is 1. The summed E-state index contributed by atoms with van der Waals surface area (Å²) >= 11 is 0. The zero-order chi connectivity index (χ0) is 29.6. The first kappa shape index (κ1) is 6.36. The maximum Gasteiger partial charge on any atom is 0.302 e. The number of likely N-dealkylation sites (tertiary alicyclic amines) is 1. The van der Waals surface area contributed by atoms with Crippen LogP contribution in [0.3, 0.4) is 0 Å². The first-order chi connectivity index (χ1) is 16.9. The van der Waals surface area contributed by atoms with E-state index in [1.807, 2.05) is 0 Å². The minimum atomic E-state index is -3.87. The van der Waals surface area contributed by atoms with Crippen LogP contribution in [-0.4, -0.2) is 58.3 Å². The average Bonchev–Trinajstić information content (AvgIpc) is 3.03. The predicted molar refractivity (Wildman–Crippen MR) is 92.6 cm³/mol. The van der Waals surface area contributed by atoms with Crippen LogP contribution in [0.2, 0.25) is 0 Å². The number of aryl methyl sites for hydroxylation is 1. The summed E-state index contributed by atoms with van der Waals surface area (Å²) in [6.07, 6.45) is -4.46. The smallest absolute Gasteiger partial charge is 0.302 e. The second kappa shape index (κ2) is 6.48. The normalized spacial score (nSPS) is 39.9. The average molecular weight is 340 g/mol. The minimum Gasteiger partial charge on any atom is -0.354 e. The van der Waals surface area contributed by atoms with Gasteiger partial charge in [-0.05, 0) is 25.3 Å². The van der Waals surface area contributed by atoms with Crippen molar-refractivity contribution in [2.45, 2.75) is 26.2 Å². The Kier molecular flexibility index (Phi) is 1.71. The predicted octanol–water partition coefficient (Wildman–Crippen LogP) is 1.86. The number of hydrogen-bond acceptors (Lipinski definition) is 4. The van der Waals surface area contributed by atoms with Crippen LogP contribution in [0, 0.1) is 19.4 Å². The fraction of sp³-hybridized carbons (Fsp3) is 0.529. The molecular formula is C17H22N6O. The van der Waals surface area contributed by atoms with Crippen molar-refractivity contribution in [3.05, 3.63) is 29.5 Å². The van der Waals surface area contributed by atoms with Gasteiger partial charge in [-0.25, -0.2) is 16.5 Å². The number of likely N-dealkylation sites (N-methyl/N-ethyl adjacent to an activating group) is 1. The molecule has 0 saturated carbocycles. The van der Waals surface area contributed by atoms with Crippen molar-refractivity contribution in [3.8, 4) is 0 Å². The zero-order valence-electron chi connectivity index (χ0n) is 26.7. The standard InChI is InChI=1S/C17H22N6O/c1-11-5-6-23(15(24)8-18-3)9-14(11)22(4)17-13-7-12(2)21-16(13)19-10-20-17/h7,10-11,14H,5-6,8-9H2,1-2,4H3,(H,19,20,21)/t11-,14+/m1/s1/i1D3,5D2,6D2,7D,8D2,9D2,10D,14D. The Morgan fingerprint density at radius 3 is 3.38 bits per heavy atom. The number of piperidine rings is 1. The van der Waals surface area contributed by atoms with Crippen molar-refractivity contribution in [2.24, 2.45) is 5.92 Å². The van der Waals surface area contributed by atoms with Crippen molar-refractivity contribution in [1.82, 2.24) is 19.9 Å². The van der Waals surface area contributed by atoms with E-state index in [1.165, 1.54) is 6.92 Å². The molecule has 2 aromatic rings. The van der Waals surface area contributed by atoms with Crippen LogP contribution < -0.4 is 4.90 Å². The molecule has 0 radical (unpaired) electrons. The maximum absolute atomic E-state index is 13.1. The first-order valence-electron chi connectivity index (χ1n) is 13.7. The van der Waals surface area contributed by atoms with E-state index in [0.717, 1.165) is 7.05 Å². The summed E-state index contributed by atoms with van der Waals surface area (Å²) in [4.78, 5) is 25.7. The molecular weight excluding hydrogens is 304 g/mol. The molecule has 0 aromatic carbocycles. The summed E-state index contributed by atoms with van der Waals surface area (Å²) in [6.45, 7) is -6.50. The highest BCUT2D eigenvalue weighted by molar-refractivity contribution is 5.88. The van der Waals surface area contributed by atoms with Gasteiger partial charge in [0.15, 0.2) is 0 Å². The lowest BCUT2D eigenvalue weighted by atomic mass is 9.92. The summed E-state index contributed by atoms with van der Waals surface area (Å²) in [5.41, 5.74) is 0.0942. The number of anilines is 1. The number of rotatable bonds is 3. The maximum atomic E-state index is 13.1. The van der Waals surface area contributed by atoms with Crippen LogP contribution >= 0.6 is 0 Å². The number of amides is 1. The van der Waals surface area contributed by atoms with Crippen LogP contribution in [0.5, 0.6) is 0 Å². The molecule has 1 fully saturated rings. The highest BCUT2D eigenvalue weighted by Crippen LogP contribution is 2.29. The number of carbonyl (C=O) groups is 1. The van der Waals surface area contributed by atoms with E-state index >= 15 is 0 Å². The summed E-state index contributed by atoms with van der Waals surface area (Å²) in [7, 11) is 0.899. The second-order valence-electron chi connectivity index (χ2n) is 4.86. The van der Waals surface area contributed by atoms with Gasteiger partial charge in [0.25, 0.3) is 6.50 Å².